The predicted molar refractivity (Wildman–Crippen MR) is 138 cm³/mol. The van der Waals surface area contributed by atoms with Gasteiger partial charge in [0.2, 0.25) is 0 Å². The van der Waals surface area contributed by atoms with Gasteiger partial charge < -0.3 is 0 Å². The van der Waals surface area contributed by atoms with E-state index >= 15 is 0 Å². The van der Waals surface area contributed by atoms with Crippen molar-refractivity contribution < 1.29 is 23.2 Å². The minimum atomic E-state index is -0.717. The average molecular weight is 522 g/mol. The molecule has 154 valence electrons. The third-order valence-electron chi connectivity index (χ3n) is 5.87. The van der Waals surface area contributed by atoms with Crippen LogP contribution in [0.15, 0.2) is 76.1 Å². The van der Waals surface area contributed by atoms with Crippen molar-refractivity contribution in [3.8, 4) is 11.1 Å². The topological polar surface area (TPSA) is 0 Å². The van der Waals surface area contributed by atoms with Crippen molar-refractivity contribution in [3.63, 3.8) is 0 Å². The van der Waals surface area contributed by atoms with E-state index in [-0.39, 0.29) is 24.8 Å². The molecule has 0 nitrogen and oxygen atoms in total. The third kappa shape index (κ3) is 4.68. The molecule has 0 spiro atoms. The Balaban J connectivity index is 0.00000136. The number of allylic oxidation sites excluding steroid dienone is 4. The fourth-order valence-corrected chi connectivity index (χ4v) is 7.54. The van der Waals surface area contributed by atoms with Gasteiger partial charge in [0.25, 0.3) is 0 Å². The van der Waals surface area contributed by atoms with E-state index in [4.69, 9.17) is 0 Å². The van der Waals surface area contributed by atoms with Crippen LogP contribution >= 0.6 is 24.8 Å². The maximum Gasteiger partial charge on any atom is -0.147 e. The number of hydrogen-bond acceptors (Lipinski definition) is 0. The summed E-state index contributed by atoms with van der Waals surface area (Å²) in [5.74, 6) is 0. The third-order valence-corrected chi connectivity index (χ3v) is 9.04. The van der Waals surface area contributed by atoms with Crippen molar-refractivity contribution in [1.29, 1.82) is 0 Å². The van der Waals surface area contributed by atoms with Crippen molar-refractivity contribution in [2.75, 3.05) is 0 Å². The summed E-state index contributed by atoms with van der Waals surface area (Å²) in [6.45, 7) is 9.22. The van der Waals surface area contributed by atoms with Gasteiger partial charge in [-0.2, -0.15) is 0 Å². The summed E-state index contributed by atoms with van der Waals surface area (Å²) in [6.07, 6.45) is 8.00. The summed E-state index contributed by atoms with van der Waals surface area (Å²) in [5, 5.41) is 5.44. The van der Waals surface area contributed by atoms with Gasteiger partial charge in [-0.15, -0.1) is 24.8 Å². The van der Waals surface area contributed by atoms with Crippen LogP contribution in [0.4, 0.5) is 0 Å². The fourth-order valence-electron chi connectivity index (χ4n) is 4.71. The van der Waals surface area contributed by atoms with E-state index in [1.54, 1.807) is 6.45 Å². The summed E-state index contributed by atoms with van der Waals surface area (Å²) < 4.78 is 3.23. The molecule has 0 radical (unpaired) electrons. The van der Waals surface area contributed by atoms with Crippen molar-refractivity contribution in [3.05, 3.63) is 92.8 Å². The van der Waals surface area contributed by atoms with Gasteiger partial charge in [-0.3, -0.25) is 0 Å². The Kier molecular flexibility index (Phi) is 7.80. The molecule has 31 heavy (non-hydrogen) atoms. The molecular formula is C27H25BCl2Zr. The first-order chi connectivity index (χ1) is 14.1. The zero-order valence-corrected chi connectivity index (χ0v) is 22.1. The molecular weight excluding hydrogens is 497 g/mol. The monoisotopic (exact) mass is 520 g/mol. The molecule has 0 saturated heterocycles. The molecule has 1 aliphatic carbocycles. The number of halogens is 2. The number of rotatable bonds is 3. The van der Waals surface area contributed by atoms with E-state index in [0.717, 1.165) is 6.42 Å². The van der Waals surface area contributed by atoms with Crippen LogP contribution in [0.3, 0.4) is 0 Å². The normalized spacial score (nSPS) is 12.3. The van der Waals surface area contributed by atoms with Crippen LogP contribution in [0, 0.1) is 20.8 Å². The first-order valence-corrected chi connectivity index (χ1v) is 12.7. The van der Waals surface area contributed by atoms with Gasteiger partial charge in [0, 0.05) is 0 Å². The molecule has 5 rings (SSSR count). The maximum absolute atomic E-state index is 2.50. The van der Waals surface area contributed by atoms with Crippen molar-refractivity contribution >= 4 is 56.3 Å². The summed E-state index contributed by atoms with van der Waals surface area (Å²) in [5.41, 5.74) is 6.89. The van der Waals surface area contributed by atoms with E-state index in [9.17, 15) is 0 Å². The van der Waals surface area contributed by atoms with Gasteiger partial charge in [-0.25, -0.2) is 0 Å². The van der Waals surface area contributed by atoms with Crippen LogP contribution in [0.25, 0.3) is 32.6 Å². The minimum absolute atomic E-state index is 0. The van der Waals surface area contributed by atoms with E-state index in [2.05, 4.69) is 101 Å². The molecule has 1 aromatic heterocycles. The second-order valence-corrected chi connectivity index (χ2v) is 11.7. The maximum atomic E-state index is 2.50. The van der Waals surface area contributed by atoms with Crippen molar-refractivity contribution in [2.45, 2.75) is 27.2 Å². The molecule has 1 aliphatic rings. The van der Waals surface area contributed by atoms with E-state index in [0.29, 0.717) is 0 Å². The molecule has 0 unspecified atom stereocenters. The van der Waals surface area contributed by atoms with Crippen molar-refractivity contribution in [2.24, 2.45) is 0 Å². The summed E-state index contributed by atoms with van der Waals surface area (Å²) >= 11 is -0.717. The standard InChI is InChI=1S/C22H18B.C5H5.2ClH.Zr/c1-14-11-15(2)20(16(3)12-14)21-19-9-5-4-7-17(19)13-18-8-6-10-23-22(18)21;1-2-4-5-3-1;;;/h4-9,11-13H,1-3H3;1-3H,4H2;2*1H;. The quantitative estimate of drug-likeness (QED) is 0.248. The van der Waals surface area contributed by atoms with Gasteiger partial charge in [-0.1, -0.05) is 0 Å². The molecule has 3 aromatic carbocycles. The van der Waals surface area contributed by atoms with Gasteiger partial charge in [0.15, 0.2) is 0 Å². The number of aryl methyl sites for hydroxylation is 3. The molecule has 0 N–H and O–H groups in total. The zero-order chi connectivity index (χ0) is 20.0. The Morgan fingerprint density at radius 2 is 1.55 bits per heavy atom. The second kappa shape index (κ2) is 9.99. The van der Waals surface area contributed by atoms with Crippen LogP contribution in [0.2, 0.25) is 0 Å². The molecule has 1 heterocycles. The Bertz CT molecular complexity index is 1320. The molecule has 0 bridgehead atoms. The summed E-state index contributed by atoms with van der Waals surface area (Å²) in [7, 11) is 0. The molecule has 0 aliphatic heterocycles. The van der Waals surface area contributed by atoms with Gasteiger partial charge in [-0.05, 0) is 0 Å². The zero-order valence-electron chi connectivity index (χ0n) is 18.0. The van der Waals surface area contributed by atoms with Gasteiger partial charge >= 0.3 is 186 Å². The van der Waals surface area contributed by atoms with E-state index < -0.39 is 23.2 Å². The van der Waals surface area contributed by atoms with Crippen LogP contribution in [-0.4, -0.2) is 6.91 Å². The van der Waals surface area contributed by atoms with Gasteiger partial charge in [0.1, 0.15) is 0 Å². The van der Waals surface area contributed by atoms with Gasteiger partial charge in [0.05, 0.1) is 0 Å². The largest absolute Gasteiger partial charge is 0.147 e. The first-order valence-electron chi connectivity index (χ1n) is 10.3. The Morgan fingerprint density at radius 3 is 2.26 bits per heavy atom. The molecule has 4 aromatic rings. The molecule has 4 heteroatoms. The number of fused-ring (bicyclic) bond motifs is 2. The SMILES string of the molecule is Cc1cc(C)c(-c2c3b[c]([Zr][C]4=CC=CC4)ccc3cc3ccccc23)c(C)c1.Cl.Cl. The molecule has 0 fully saturated rings. The van der Waals surface area contributed by atoms with E-state index in [1.165, 1.54) is 49.3 Å². The summed E-state index contributed by atoms with van der Waals surface area (Å²) in [6, 6.07) is 20.6. The Hall–Kier alpha value is -1.46. The molecule has 0 atom stereocenters. The predicted octanol–water partition coefficient (Wildman–Crippen LogP) is 7.32. The van der Waals surface area contributed by atoms with E-state index in [1.807, 2.05) is 0 Å². The number of hydrogen-bond donors (Lipinski definition) is 0. The number of benzene rings is 3. The van der Waals surface area contributed by atoms with Crippen LogP contribution in [0.1, 0.15) is 23.1 Å². The summed E-state index contributed by atoms with van der Waals surface area (Å²) in [4.78, 5) is 0. The Morgan fingerprint density at radius 1 is 0.806 bits per heavy atom. The van der Waals surface area contributed by atoms with Crippen LogP contribution in [0.5, 0.6) is 0 Å². The van der Waals surface area contributed by atoms with Crippen LogP contribution < -0.4 is 3.17 Å². The smallest absolute Gasteiger partial charge is 0.147 e. The molecule has 0 amide bonds. The van der Waals surface area contributed by atoms with Crippen LogP contribution in [-0.2, 0) is 23.2 Å². The minimum Gasteiger partial charge on any atom is -0.147 e. The fraction of sp³-hybridized carbons (Fsp3) is 0.148. The first kappa shape index (κ1) is 24.2. The molecule has 0 saturated carbocycles. The average Bonchev–Trinajstić information content (AvgIpc) is 3.20. The second-order valence-electron chi connectivity index (χ2n) is 8.13. The Labute approximate surface area is 209 Å². The van der Waals surface area contributed by atoms with Crippen molar-refractivity contribution in [1.82, 2.24) is 0 Å².